The van der Waals surface area contributed by atoms with E-state index in [1.54, 1.807) is 6.20 Å². The molecule has 1 heterocycles. The Hall–Kier alpha value is -2.34. The quantitative estimate of drug-likeness (QED) is 0.496. The van der Waals surface area contributed by atoms with E-state index in [0.717, 1.165) is 29.4 Å². The zero-order chi connectivity index (χ0) is 15.2. The number of para-hydroxylation sites is 1. The van der Waals surface area contributed by atoms with E-state index in [1.807, 2.05) is 38.4 Å². The topological polar surface area (TPSA) is 63.6 Å². The molecule has 0 aliphatic heterocycles. The summed E-state index contributed by atoms with van der Waals surface area (Å²) in [6.45, 7) is 0.762. The molecule has 1 N–H and O–H groups in total. The number of ether oxygens (including phenoxy) is 1. The molecule has 2 rings (SSSR count). The third-order valence-corrected chi connectivity index (χ3v) is 3.18. The fourth-order valence-electron chi connectivity index (χ4n) is 2.15. The van der Waals surface area contributed by atoms with Gasteiger partial charge < -0.3 is 15.0 Å². The average Bonchev–Trinajstić information content (AvgIpc) is 2.84. The lowest BCUT2D eigenvalue weighted by molar-refractivity contribution is -0.110. The van der Waals surface area contributed by atoms with Gasteiger partial charge in [0.1, 0.15) is 0 Å². The van der Waals surface area contributed by atoms with Gasteiger partial charge in [0.2, 0.25) is 6.41 Å². The van der Waals surface area contributed by atoms with Crippen molar-refractivity contribution < 1.29 is 14.3 Å². The molecule has 0 spiro atoms. The number of nitrogens with one attached hydrogen (secondary N) is 1. The Morgan fingerprint density at radius 3 is 2.86 bits per heavy atom. The number of amides is 1. The molecule has 21 heavy (non-hydrogen) atoms. The molecule has 0 unspecified atom stereocenters. The molecule has 112 valence electrons. The first-order chi connectivity index (χ1) is 10.1. The summed E-state index contributed by atoms with van der Waals surface area (Å²) >= 11 is 0. The maximum Gasteiger partial charge on any atom is 0.420 e. The Bertz CT molecular complexity index is 634. The Kier molecular flexibility index (Phi) is 4.94. The fourth-order valence-corrected chi connectivity index (χ4v) is 2.15. The second-order valence-corrected chi connectivity index (χ2v) is 4.97. The number of carbonyl (C=O) groups is 2. The first kappa shape index (κ1) is 15.1. The molecule has 2 aromatic rings. The van der Waals surface area contributed by atoms with Crippen molar-refractivity contribution in [1.29, 1.82) is 0 Å². The average molecular weight is 289 g/mol. The summed E-state index contributed by atoms with van der Waals surface area (Å²) in [6, 6.07) is 7.70. The highest BCUT2D eigenvalue weighted by Crippen LogP contribution is 2.22. The second-order valence-electron chi connectivity index (χ2n) is 4.97. The van der Waals surface area contributed by atoms with Gasteiger partial charge in [-0.05, 0) is 32.1 Å². The number of hydrogen-bond donors (Lipinski definition) is 1. The highest BCUT2D eigenvalue weighted by atomic mass is 16.6. The van der Waals surface area contributed by atoms with Crippen molar-refractivity contribution >= 4 is 23.4 Å². The van der Waals surface area contributed by atoms with E-state index in [2.05, 4.69) is 10.2 Å². The third kappa shape index (κ3) is 3.61. The minimum atomic E-state index is -0.503. The zero-order valence-electron chi connectivity index (χ0n) is 12.2. The highest BCUT2D eigenvalue weighted by Gasteiger charge is 2.14. The number of aromatic nitrogens is 1. The molecule has 1 amide bonds. The fraction of sp³-hybridized carbons (Fsp3) is 0.333. The van der Waals surface area contributed by atoms with Crippen molar-refractivity contribution in [3.8, 4) is 0 Å². The maximum absolute atomic E-state index is 12.1. The van der Waals surface area contributed by atoms with Crippen LogP contribution in [0, 0.1) is 0 Å². The smallest absolute Gasteiger partial charge is 0.420 e. The number of fused-ring (bicyclic) bond motifs is 1. The van der Waals surface area contributed by atoms with Crippen molar-refractivity contribution in [2.24, 2.45) is 0 Å². The van der Waals surface area contributed by atoms with Crippen LogP contribution in [0.4, 0.5) is 4.79 Å². The number of carbonyl (C=O) groups excluding carboxylic acids is 2. The molecule has 6 nitrogen and oxygen atoms in total. The van der Waals surface area contributed by atoms with Gasteiger partial charge in [-0.25, -0.2) is 4.79 Å². The lowest BCUT2D eigenvalue weighted by atomic mass is 10.1. The van der Waals surface area contributed by atoms with E-state index in [1.165, 1.54) is 4.57 Å². The Balaban J connectivity index is 2.26. The maximum atomic E-state index is 12.1. The van der Waals surface area contributed by atoms with E-state index in [-0.39, 0.29) is 6.73 Å². The van der Waals surface area contributed by atoms with Crippen molar-refractivity contribution in [1.82, 2.24) is 14.8 Å². The number of likely N-dealkylation sites (N-methyl/N-ethyl adjacent to an activating group) is 1. The number of hydrogen-bond acceptors (Lipinski definition) is 4. The Morgan fingerprint density at radius 1 is 1.38 bits per heavy atom. The van der Waals surface area contributed by atoms with Crippen LogP contribution < -0.4 is 5.32 Å². The summed E-state index contributed by atoms with van der Waals surface area (Å²) in [5.41, 5.74) is 1.90. The molecule has 0 saturated carbocycles. The minimum Gasteiger partial charge on any atom is -0.428 e. The van der Waals surface area contributed by atoms with Crippen molar-refractivity contribution in [3.63, 3.8) is 0 Å². The molecule has 1 aromatic carbocycles. The van der Waals surface area contributed by atoms with E-state index in [9.17, 15) is 9.59 Å². The minimum absolute atomic E-state index is 0.137. The largest absolute Gasteiger partial charge is 0.428 e. The van der Waals surface area contributed by atoms with Crippen LogP contribution in [0.2, 0.25) is 0 Å². The molecule has 0 bridgehead atoms. The molecule has 0 saturated heterocycles. The van der Waals surface area contributed by atoms with Gasteiger partial charge in [-0.15, -0.1) is 0 Å². The van der Waals surface area contributed by atoms with Crippen molar-refractivity contribution in [2.75, 3.05) is 27.4 Å². The molecule has 0 fully saturated rings. The Labute approximate surface area is 123 Å². The standard InChI is InChI=1S/C15H19N3O3/c1-17(2)8-7-12-9-18(15(20)21-11-16-10-19)14-6-4-3-5-13(12)14/h3-6,9-10H,7-8,11H2,1-2H3,(H,16,19). The molecule has 6 heteroatoms. The predicted octanol–water partition coefficient (Wildman–Crippen LogP) is 1.43. The SMILES string of the molecule is CN(C)CCc1cn(C(=O)OCNC=O)c2ccccc12. The lowest BCUT2D eigenvalue weighted by Gasteiger charge is -2.07. The lowest BCUT2D eigenvalue weighted by Crippen LogP contribution is -2.22. The monoisotopic (exact) mass is 289 g/mol. The molecule has 0 aliphatic rings. The van der Waals surface area contributed by atoms with E-state index in [0.29, 0.717) is 6.41 Å². The van der Waals surface area contributed by atoms with E-state index in [4.69, 9.17) is 4.74 Å². The molecular weight excluding hydrogens is 270 g/mol. The third-order valence-electron chi connectivity index (χ3n) is 3.18. The highest BCUT2D eigenvalue weighted by molar-refractivity contribution is 5.92. The van der Waals surface area contributed by atoms with Gasteiger partial charge in [0.05, 0.1) is 5.52 Å². The molecular formula is C15H19N3O3. The van der Waals surface area contributed by atoms with Crippen molar-refractivity contribution in [2.45, 2.75) is 6.42 Å². The summed E-state index contributed by atoms with van der Waals surface area (Å²) < 4.78 is 6.47. The first-order valence-corrected chi connectivity index (χ1v) is 6.71. The van der Waals surface area contributed by atoms with Gasteiger partial charge in [0.15, 0.2) is 6.73 Å². The summed E-state index contributed by atoms with van der Waals surface area (Å²) in [5, 5.41) is 3.34. The van der Waals surface area contributed by atoms with Gasteiger partial charge in [-0.1, -0.05) is 18.2 Å². The van der Waals surface area contributed by atoms with Crippen LogP contribution in [0.5, 0.6) is 0 Å². The summed E-state index contributed by atoms with van der Waals surface area (Å²) in [6.07, 6.45) is 2.64. The summed E-state index contributed by atoms with van der Waals surface area (Å²) in [5.74, 6) is 0. The second kappa shape index (κ2) is 6.90. The number of benzene rings is 1. The molecule has 0 atom stereocenters. The van der Waals surface area contributed by atoms with Gasteiger partial charge in [-0.2, -0.15) is 0 Å². The van der Waals surface area contributed by atoms with Gasteiger partial charge in [0, 0.05) is 18.1 Å². The van der Waals surface area contributed by atoms with Crippen LogP contribution in [0.25, 0.3) is 10.9 Å². The Morgan fingerprint density at radius 2 is 2.14 bits per heavy atom. The molecule has 1 aromatic heterocycles. The number of nitrogens with zero attached hydrogens (tertiary/aromatic N) is 2. The van der Waals surface area contributed by atoms with Crippen LogP contribution in [0.1, 0.15) is 5.56 Å². The molecule has 0 aliphatic carbocycles. The molecule has 0 radical (unpaired) electrons. The summed E-state index contributed by atoms with van der Waals surface area (Å²) in [4.78, 5) is 24.3. The van der Waals surface area contributed by atoms with Gasteiger partial charge in [-0.3, -0.25) is 9.36 Å². The van der Waals surface area contributed by atoms with Crippen LogP contribution >= 0.6 is 0 Å². The van der Waals surface area contributed by atoms with Crippen LogP contribution in [-0.4, -0.2) is 49.3 Å². The van der Waals surface area contributed by atoms with Crippen LogP contribution in [0.3, 0.4) is 0 Å². The van der Waals surface area contributed by atoms with Crippen LogP contribution in [-0.2, 0) is 16.0 Å². The van der Waals surface area contributed by atoms with E-state index < -0.39 is 6.09 Å². The van der Waals surface area contributed by atoms with E-state index >= 15 is 0 Å². The normalized spacial score (nSPS) is 10.8. The summed E-state index contributed by atoms with van der Waals surface area (Å²) in [7, 11) is 4.02. The first-order valence-electron chi connectivity index (χ1n) is 6.71. The zero-order valence-corrected chi connectivity index (χ0v) is 12.2. The van der Waals surface area contributed by atoms with Gasteiger partial charge >= 0.3 is 6.09 Å². The van der Waals surface area contributed by atoms with Gasteiger partial charge in [0.25, 0.3) is 0 Å². The number of rotatable bonds is 6. The van der Waals surface area contributed by atoms with Crippen molar-refractivity contribution in [3.05, 3.63) is 36.0 Å². The predicted molar refractivity (Wildman–Crippen MR) is 80.1 cm³/mol. The van der Waals surface area contributed by atoms with Crippen LogP contribution in [0.15, 0.2) is 30.5 Å².